The number of likely N-dealkylation sites (tertiary alicyclic amines) is 1. The largest absolute Gasteiger partial charge is 0.477 e. The summed E-state index contributed by atoms with van der Waals surface area (Å²) in [5.74, 6) is -1.00. The van der Waals surface area contributed by atoms with E-state index >= 15 is 0 Å². The lowest BCUT2D eigenvalue weighted by Crippen LogP contribution is -2.58. The first-order chi connectivity index (χ1) is 16.7. The molecule has 3 heterocycles. The number of nitrogens with zero attached hydrogens (tertiary/aromatic N) is 4. The Hall–Kier alpha value is -1.79. The topological polar surface area (TPSA) is 114 Å². The molecule has 1 aromatic rings. The van der Waals surface area contributed by atoms with Crippen LogP contribution >= 0.6 is 23.4 Å². The van der Waals surface area contributed by atoms with Crippen molar-refractivity contribution in [3.05, 3.63) is 27.3 Å². The lowest BCUT2D eigenvalue weighted by Gasteiger charge is -2.43. The number of halogens is 1. The average Bonchev–Trinajstić information content (AvgIpc) is 3.39. The number of amides is 1. The van der Waals surface area contributed by atoms with E-state index < -0.39 is 5.97 Å². The second kappa shape index (κ2) is 12.4. The van der Waals surface area contributed by atoms with E-state index in [4.69, 9.17) is 16.3 Å². The highest BCUT2D eigenvalue weighted by atomic mass is 35.5. The molecule has 1 fully saturated rings. The summed E-state index contributed by atoms with van der Waals surface area (Å²) in [6, 6.07) is -0.193. The van der Waals surface area contributed by atoms with Gasteiger partial charge in [-0.15, -0.1) is 0 Å². The lowest BCUT2D eigenvalue weighted by molar-refractivity contribution is -0.131. The quantitative estimate of drug-likeness (QED) is 0.398. The number of allylic oxidation sites excluding steroid dienone is 1. The minimum absolute atomic E-state index is 0.123. The molecular weight excluding hydrogens is 492 g/mol. The summed E-state index contributed by atoms with van der Waals surface area (Å²) in [6.07, 6.45) is 1.08. The van der Waals surface area contributed by atoms with Crippen molar-refractivity contribution >= 4 is 35.2 Å². The van der Waals surface area contributed by atoms with Crippen molar-refractivity contribution in [3.8, 4) is 0 Å². The summed E-state index contributed by atoms with van der Waals surface area (Å²) in [4.78, 5) is 39.0. The summed E-state index contributed by atoms with van der Waals surface area (Å²) in [5, 5.41) is 13.1. The van der Waals surface area contributed by atoms with Crippen LogP contribution in [0, 0.1) is 0 Å². The zero-order chi connectivity index (χ0) is 25.7. The predicted octanol–water partition coefficient (Wildman–Crippen LogP) is 2.43. The van der Waals surface area contributed by atoms with Crippen LogP contribution in [0.1, 0.15) is 50.4 Å². The van der Waals surface area contributed by atoms with Gasteiger partial charge in [-0.05, 0) is 32.9 Å². The predicted molar refractivity (Wildman–Crippen MR) is 137 cm³/mol. The van der Waals surface area contributed by atoms with Crippen LogP contribution in [0.4, 0.5) is 0 Å². The van der Waals surface area contributed by atoms with Crippen LogP contribution < -0.4 is 5.32 Å². The first-order valence-corrected chi connectivity index (χ1v) is 13.4. The van der Waals surface area contributed by atoms with Gasteiger partial charge in [-0.25, -0.2) is 9.78 Å². The van der Waals surface area contributed by atoms with Crippen LogP contribution in [0.5, 0.6) is 0 Å². The molecule has 1 aromatic heterocycles. The van der Waals surface area contributed by atoms with Crippen molar-refractivity contribution in [1.29, 1.82) is 0 Å². The van der Waals surface area contributed by atoms with E-state index in [0.717, 1.165) is 37.6 Å². The summed E-state index contributed by atoms with van der Waals surface area (Å²) >= 11 is 7.47. The molecule has 0 radical (unpaired) electrons. The van der Waals surface area contributed by atoms with Gasteiger partial charge in [0.2, 0.25) is 0 Å². The number of ether oxygens (including phenoxy) is 1. The molecule has 3 atom stereocenters. The van der Waals surface area contributed by atoms with E-state index in [-0.39, 0.29) is 29.4 Å². The molecule has 3 rings (SSSR count). The number of hydrogen-bond acceptors (Lipinski definition) is 8. The van der Waals surface area contributed by atoms with E-state index in [9.17, 15) is 14.7 Å². The molecule has 3 N–H and O–H groups in total. The third-order valence-corrected chi connectivity index (χ3v) is 8.60. The summed E-state index contributed by atoms with van der Waals surface area (Å²) in [7, 11) is 1.64. The molecule has 0 aromatic carbocycles. The molecule has 1 unspecified atom stereocenters. The van der Waals surface area contributed by atoms with Gasteiger partial charge in [-0.1, -0.05) is 44.1 Å². The Bertz CT molecular complexity index is 937. The Kier molecular flexibility index (Phi) is 9.88. The summed E-state index contributed by atoms with van der Waals surface area (Å²) < 4.78 is 5.77. The first-order valence-electron chi connectivity index (χ1n) is 12.2. The molecule has 12 heteroatoms. The first kappa shape index (κ1) is 27.8. The number of H-pyrrole nitrogens is 1. The van der Waals surface area contributed by atoms with Crippen LogP contribution in [0.15, 0.2) is 10.6 Å². The number of aryl methyl sites for hydroxylation is 1. The molecule has 0 saturated carbocycles. The number of rotatable bonds is 11. The Morgan fingerprint density at radius 1 is 1.34 bits per heavy atom. The number of nitrogens with one attached hydrogen (secondary N) is 2. The van der Waals surface area contributed by atoms with E-state index in [1.807, 2.05) is 13.8 Å². The van der Waals surface area contributed by atoms with Crippen LogP contribution in [-0.4, -0.2) is 106 Å². The zero-order valence-corrected chi connectivity index (χ0v) is 22.7. The average molecular weight is 529 g/mol. The highest BCUT2D eigenvalue weighted by Crippen LogP contribution is 2.40. The molecule has 0 spiro atoms. The monoisotopic (exact) mass is 528 g/mol. The molecule has 10 nitrogen and oxygen atoms in total. The third kappa shape index (κ3) is 6.32. The van der Waals surface area contributed by atoms with Crippen LogP contribution in [0.2, 0.25) is 5.15 Å². The van der Waals surface area contributed by atoms with Crippen LogP contribution in [0.25, 0.3) is 0 Å². The number of carbonyl (C=O) groups excluding carboxylic acids is 1. The van der Waals surface area contributed by atoms with Crippen molar-refractivity contribution in [2.75, 3.05) is 46.4 Å². The number of aliphatic carboxylic acids is 1. The van der Waals surface area contributed by atoms with Crippen LogP contribution in [-0.2, 0) is 16.0 Å². The molecule has 2 aliphatic rings. The second-order valence-electron chi connectivity index (χ2n) is 8.73. The van der Waals surface area contributed by atoms with E-state index in [1.54, 1.807) is 7.11 Å². The molecule has 196 valence electrons. The summed E-state index contributed by atoms with van der Waals surface area (Å²) in [5.41, 5.74) is 1.41. The number of thioether (sulfide) groups is 1. The van der Waals surface area contributed by atoms with Crippen molar-refractivity contribution < 1.29 is 19.4 Å². The smallest absolute Gasteiger partial charge is 0.344 e. The minimum atomic E-state index is -0.892. The minimum Gasteiger partial charge on any atom is -0.477 e. The molecule has 1 amide bonds. The van der Waals surface area contributed by atoms with Crippen molar-refractivity contribution in [1.82, 2.24) is 30.0 Å². The summed E-state index contributed by atoms with van der Waals surface area (Å²) in [6.45, 7) is 12.9. The van der Waals surface area contributed by atoms with Gasteiger partial charge in [0.05, 0.1) is 17.8 Å². The number of aromatic nitrogens is 2. The SMILES string of the molecule is CCc1[nH]c(C(=O)N[C@@H]2CCN(C3SC(C(=O)O)=C(C)N3CCN(CC)CC)C[C@@H]2OC)nc1Cl. The van der Waals surface area contributed by atoms with Gasteiger partial charge in [-0.3, -0.25) is 9.69 Å². The number of imidazole rings is 1. The third-order valence-electron chi connectivity index (χ3n) is 6.81. The van der Waals surface area contributed by atoms with Gasteiger partial charge in [-0.2, -0.15) is 0 Å². The molecule has 0 bridgehead atoms. The number of piperidine rings is 1. The number of carboxylic acids is 1. The molecule has 0 aliphatic carbocycles. The fraction of sp³-hybridized carbons (Fsp3) is 0.696. The molecule has 35 heavy (non-hydrogen) atoms. The molecular formula is C23H37ClN6O4S. The lowest BCUT2D eigenvalue weighted by atomic mass is 10.0. The standard InChI is InChI=1S/C23H37ClN6O4S/c1-6-15-19(24)27-20(25-15)21(31)26-16-9-10-29(13-17(16)34-5)23-30(12-11-28(7-2)8-3)14(4)18(35-23)22(32)33/h16-17,23H,6-13H2,1-5H3,(H,25,27)(H,26,31)(H,32,33)/t16-,17+,23?/m1/s1. The Morgan fingerprint density at radius 2 is 2.06 bits per heavy atom. The van der Waals surface area contributed by atoms with Crippen LogP contribution in [0.3, 0.4) is 0 Å². The van der Waals surface area contributed by atoms with Crippen molar-refractivity contribution in [3.63, 3.8) is 0 Å². The van der Waals surface area contributed by atoms with Gasteiger partial charge >= 0.3 is 5.97 Å². The maximum atomic E-state index is 12.8. The number of hydrogen-bond donors (Lipinski definition) is 3. The fourth-order valence-corrected chi connectivity index (χ4v) is 6.20. The maximum absolute atomic E-state index is 12.8. The fourth-order valence-electron chi connectivity index (χ4n) is 4.61. The van der Waals surface area contributed by atoms with E-state index in [0.29, 0.717) is 36.0 Å². The van der Waals surface area contributed by atoms with Gasteiger partial charge in [0, 0.05) is 39.0 Å². The Balaban J connectivity index is 1.69. The number of likely N-dealkylation sites (N-methyl/N-ethyl adjacent to an activating group) is 1. The number of methoxy groups -OCH3 is 1. The van der Waals surface area contributed by atoms with Crippen molar-refractivity contribution in [2.45, 2.75) is 58.2 Å². The Morgan fingerprint density at radius 3 is 2.63 bits per heavy atom. The van der Waals surface area contributed by atoms with Gasteiger partial charge in [0.1, 0.15) is 10.4 Å². The Labute approximate surface area is 216 Å². The van der Waals surface area contributed by atoms with E-state index in [2.05, 4.69) is 43.8 Å². The van der Waals surface area contributed by atoms with Gasteiger partial charge < -0.3 is 29.9 Å². The van der Waals surface area contributed by atoms with Gasteiger partial charge in [0.25, 0.3) is 5.91 Å². The molecule has 2 aliphatic heterocycles. The molecule has 1 saturated heterocycles. The number of carboxylic acid groups (broad SMARTS) is 1. The zero-order valence-electron chi connectivity index (χ0n) is 21.1. The van der Waals surface area contributed by atoms with Crippen molar-refractivity contribution in [2.24, 2.45) is 0 Å². The number of carbonyl (C=O) groups is 2. The second-order valence-corrected chi connectivity index (χ2v) is 10.2. The highest BCUT2D eigenvalue weighted by Gasteiger charge is 2.41. The van der Waals surface area contributed by atoms with Gasteiger partial charge in [0.15, 0.2) is 11.0 Å². The number of aromatic amines is 1. The normalized spacial score (nSPS) is 23.4. The highest BCUT2D eigenvalue weighted by molar-refractivity contribution is 8.04. The maximum Gasteiger partial charge on any atom is 0.344 e. The van der Waals surface area contributed by atoms with E-state index in [1.165, 1.54) is 11.8 Å².